The van der Waals surface area contributed by atoms with Crippen molar-refractivity contribution in [3.05, 3.63) is 102 Å². The van der Waals surface area contributed by atoms with Gasteiger partial charge >= 0.3 is 0 Å². The Labute approximate surface area is 208 Å². The highest BCUT2D eigenvalue weighted by Crippen LogP contribution is 2.36. The van der Waals surface area contributed by atoms with Crippen molar-refractivity contribution < 1.29 is 9.53 Å². The van der Waals surface area contributed by atoms with Gasteiger partial charge in [-0.15, -0.1) is 0 Å². The van der Waals surface area contributed by atoms with E-state index in [0.29, 0.717) is 24.4 Å². The van der Waals surface area contributed by atoms with Crippen LogP contribution in [0, 0.1) is 0 Å². The average Bonchev–Trinajstić information content (AvgIpc) is 3.63. The molecule has 36 heavy (non-hydrogen) atoms. The maximum Gasteiger partial charge on any atom is 0.256 e. The number of rotatable bonds is 7. The Hall–Kier alpha value is -4.62. The predicted molar refractivity (Wildman–Crippen MR) is 142 cm³/mol. The van der Waals surface area contributed by atoms with E-state index in [-0.39, 0.29) is 11.9 Å². The summed E-state index contributed by atoms with van der Waals surface area (Å²) in [6.07, 6.45) is 9.89. The molecular weight excluding hydrogens is 450 g/mol. The van der Waals surface area contributed by atoms with Crippen molar-refractivity contribution in [2.75, 3.05) is 11.9 Å². The van der Waals surface area contributed by atoms with Crippen LogP contribution in [0.25, 0.3) is 33.7 Å². The first kappa shape index (κ1) is 21.9. The van der Waals surface area contributed by atoms with Crippen LogP contribution in [0.5, 0.6) is 5.75 Å². The number of nitrogens with one attached hydrogen (secondary N) is 3. The Morgan fingerprint density at radius 2 is 1.92 bits per heavy atom. The molecule has 1 atom stereocenters. The van der Waals surface area contributed by atoms with Gasteiger partial charge in [0.15, 0.2) is 0 Å². The molecule has 6 rings (SSSR count). The minimum atomic E-state index is -0.161. The zero-order valence-electron chi connectivity index (χ0n) is 19.5. The van der Waals surface area contributed by atoms with Crippen LogP contribution in [0.4, 0.5) is 5.69 Å². The lowest BCUT2D eigenvalue weighted by molar-refractivity contribution is -0.110. The van der Waals surface area contributed by atoms with Crippen molar-refractivity contribution in [1.82, 2.24) is 15.0 Å². The van der Waals surface area contributed by atoms with Gasteiger partial charge in [0.25, 0.3) is 5.91 Å². The zero-order chi connectivity index (χ0) is 24.5. The van der Waals surface area contributed by atoms with Crippen LogP contribution in [0.15, 0.2) is 85.5 Å². The van der Waals surface area contributed by atoms with Crippen LogP contribution in [0.2, 0.25) is 0 Å². The van der Waals surface area contributed by atoms with Crippen molar-refractivity contribution >= 4 is 34.1 Å². The lowest BCUT2D eigenvalue weighted by atomic mass is 10.00. The summed E-state index contributed by atoms with van der Waals surface area (Å²) in [5, 5.41) is 4.12. The summed E-state index contributed by atoms with van der Waals surface area (Å²) < 4.78 is 6.01. The smallest absolute Gasteiger partial charge is 0.256 e. The summed E-state index contributed by atoms with van der Waals surface area (Å²) in [4.78, 5) is 23.3. The van der Waals surface area contributed by atoms with E-state index in [1.807, 2.05) is 67.0 Å². The number of carbonyl (C=O) groups is 1. The van der Waals surface area contributed by atoms with Crippen molar-refractivity contribution in [3.63, 3.8) is 0 Å². The molecule has 0 aliphatic carbocycles. The molecule has 0 radical (unpaired) electrons. The monoisotopic (exact) mass is 475 g/mol. The molecule has 0 fully saturated rings. The number of hydrogen-bond donors (Lipinski definition) is 4. The summed E-state index contributed by atoms with van der Waals surface area (Å²) in [6, 6.07) is 19.7. The van der Waals surface area contributed by atoms with Gasteiger partial charge in [0.1, 0.15) is 12.4 Å². The highest BCUT2D eigenvalue weighted by atomic mass is 16.5. The molecular formula is C29H25N5O2. The number of pyridine rings is 1. The Balaban J connectivity index is 1.18. The zero-order valence-corrected chi connectivity index (χ0v) is 19.5. The molecule has 1 amide bonds. The Bertz CT molecular complexity index is 1580. The third-order valence-electron chi connectivity index (χ3n) is 6.39. The average molecular weight is 476 g/mol. The summed E-state index contributed by atoms with van der Waals surface area (Å²) >= 11 is 0. The second-order valence-corrected chi connectivity index (χ2v) is 8.94. The third-order valence-corrected chi connectivity index (χ3v) is 6.39. The first-order valence-electron chi connectivity index (χ1n) is 11.8. The van der Waals surface area contributed by atoms with E-state index in [1.165, 1.54) is 10.9 Å². The number of para-hydroxylation sites is 1. The number of nitrogens with zero attached hydrogens (tertiary/aromatic N) is 1. The largest absolute Gasteiger partial charge is 0.490 e. The molecule has 1 aliphatic heterocycles. The molecule has 0 saturated heterocycles. The first-order chi connectivity index (χ1) is 17.6. The topological polar surface area (TPSA) is 109 Å². The van der Waals surface area contributed by atoms with Gasteiger partial charge in [-0.1, -0.05) is 24.3 Å². The van der Waals surface area contributed by atoms with Gasteiger partial charge in [-0.25, -0.2) is 0 Å². The van der Waals surface area contributed by atoms with E-state index >= 15 is 0 Å². The van der Waals surface area contributed by atoms with Crippen LogP contribution in [-0.2, 0) is 11.2 Å². The fourth-order valence-electron chi connectivity index (χ4n) is 4.60. The van der Waals surface area contributed by atoms with Crippen molar-refractivity contribution in [1.29, 1.82) is 0 Å². The normalized spacial score (nSPS) is 14.7. The van der Waals surface area contributed by atoms with Gasteiger partial charge in [0, 0.05) is 58.0 Å². The number of amides is 1. The molecule has 7 nitrogen and oxygen atoms in total. The molecule has 4 heterocycles. The van der Waals surface area contributed by atoms with Crippen LogP contribution >= 0.6 is 0 Å². The molecule has 5 N–H and O–H groups in total. The molecule has 0 saturated carbocycles. The highest BCUT2D eigenvalue weighted by molar-refractivity contribution is 6.35. The van der Waals surface area contributed by atoms with Gasteiger partial charge < -0.3 is 25.8 Å². The van der Waals surface area contributed by atoms with Gasteiger partial charge in [-0.05, 0) is 60.0 Å². The fraction of sp³-hybridized carbons (Fsp3) is 0.103. The van der Waals surface area contributed by atoms with Gasteiger partial charge in [-0.3, -0.25) is 9.78 Å². The Morgan fingerprint density at radius 3 is 2.81 bits per heavy atom. The Kier molecular flexibility index (Phi) is 5.59. The van der Waals surface area contributed by atoms with E-state index < -0.39 is 0 Å². The molecule has 5 aromatic rings. The Morgan fingerprint density at radius 1 is 1.00 bits per heavy atom. The molecule has 0 spiro atoms. The standard InChI is InChI=1S/C29H25N5O2/c30-21(10-20-15-33-27-6-2-1-5-24(20)27)17-36-23-11-19(14-31-16-23)18-7-8-28-25(12-18)26(29(35)34-28)13-22-4-3-9-32-22/h1-9,11-16,21,32-33H,10,17,30H2,(H,34,35)/t21-/m1/s1. The molecule has 1 aliphatic rings. The summed E-state index contributed by atoms with van der Waals surface area (Å²) in [5.41, 5.74) is 13.7. The maximum atomic E-state index is 12.6. The molecule has 0 unspecified atom stereocenters. The van der Waals surface area contributed by atoms with Gasteiger partial charge in [-0.2, -0.15) is 0 Å². The number of carbonyl (C=O) groups excluding carboxylic acids is 1. The van der Waals surface area contributed by atoms with E-state index in [1.54, 1.807) is 12.4 Å². The second-order valence-electron chi connectivity index (χ2n) is 8.94. The molecule has 2 aromatic carbocycles. The first-order valence-corrected chi connectivity index (χ1v) is 11.8. The molecule has 178 valence electrons. The van der Waals surface area contributed by atoms with Crippen LogP contribution in [0.3, 0.4) is 0 Å². The molecule has 7 heteroatoms. The predicted octanol–water partition coefficient (Wildman–Crippen LogP) is 5.00. The molecule has 3 aromatic heterocycles. The number of aromatic nitrogens is 3. The number of hydrogen-bond acceptors (Lipinski definition) is 4. The summed E-state index contributed by atoms with van der Waals surface area (Å²) in [5.74, 6) is 0.537. The van der Waals surface area contributed by atoms with Gasteiger partial charge in [0.2, 0.25) is 0 Å². The number of fused-ring (bicyclic) bond motifs is 2. The van der Waals surface area contributed by atoms with Crippen LogP contribution < -0.4 is 15.8 Å². The number of benzene rings is 2. The van der Waals surface area contributed by atoms with E-state index in [9.17, 15) is 4.79 Å². The fourth-order valence-corrected chi connectivity index (χ4v) is 4.60. The minimum Gasteiger partial charge on any atom is -0.490 e. The van der Waals surface area contributed by atoms with E-state index in [2.05, 4.69) is 32.4 Å². The van der Waals surface area contributed by atoms with Crippen molar-refractivity contribution in [2.24, 2.45) is 5.73 Å². The van der Waals surface area contributed by atoms with Crippen LogP contribution in [0.1, 0.15) is 16.8 Å². The lowest BCUT2D eigenvalue weighted by Gasteiger charge is -2.13. The minimum absolute atomic E-state index is 0.115. The highest BCUT2D eigenvalue weighted by Gasteiger charge is 2.24. The van der Waals surface area contributed by atoms with Crippen LogP contribution in [-0.4, -0.2) is 33.5 Å². The quantitative estimate of drug-likeness (QED) is 0.248. The number of ether oxygens (including phenoxy) is 1. The third kappa shape index (κ3) is 4.28. The second kappa shape index (κ2) is 9.20. The van der Waals surface area contributed by atoms with Gasteiger partial charge in [0.05, 0.1) is 11.8 Å². The molecule has 0 bridgehead atoms. The number of aromatic amines is 2. The van der Waals surface area contributed by atoms with E-state index in [0.717, 1.165) is 33.6 Å². The summed E-state index contributed by atoms with van der Waals surface area (Å²) in [6.45, 7) is 0.371. The number of anilines is 1. The summed E-state index contributed by atoms with van der Waals surface area (Å²) in [7, 11) is 0. The maximum absolute atomic E-state index is 12.6. The number of nitrogens with two attached hydrogens (primary N) is 1. The lowest BCUT2D eigenvalue weighted by Crippen LogP contribution is -2.30. The SMILES string of the molecule is N[C@@H](COc1cncc(-c2ccc3c(c2)C(=Cc2ccc[nH]2)C(=O)N3)c1)Cc1c[nH]c2ccccc12. The van der Waals surface area contributed by atoms with E-state index in [4.69, 9.17) is 10.5 Å². The number of H-pyrrole nitrogens is 2. The van der Waals surface area contributed by atoms with Crippen molar-refractivity contribution in [2.45, 2.75) is 12.5 Å². The van der Waals surface area contributed by atoms with Crippen molar-refractivity contribution in [3.8, 4) is 16.9 Å².